The molecule has 0 saturated carbocycles. The van der Waals surface area contributed by atoms with Gasteiger partial charge in [-0.2, -0.15) is 5.10 Å². The lowest BCUT2D eigenvalue weighted by molar-refractivity contribution is -0.129. The number of nitrogens with one attached hydrogen (secondary N) is 1. The van der Waals surface area contributed by atoms with E-state index in [0.717, 1.165) is 0 Å². The Kier molecular flexibility index (Phi) is 4.68. The SMILES string of the molecule is C/C(=N\NC(=O)[C@@H](O)c1ccccc1)c1ccccc1O. The Bertz CT molecular complexity index is 654. The molecule has 2 aromatic carbocycles. The van der Waals surface area contributed by atoms with E-state index in [1.54, 1.807) is 55.5 Å². The first-order valence-electron chi connectivity index (χ1n) is 6.45. The van der Waals surface area contributed by atoms with Gasteiger partial charge >= 0.3 is 0 Å². The zero-order chi connectivity index (χ0) is 15.2. The molecule has 3 N–H and O–H groups in total. The van der Waals surface area contributed by atoms with E-state index in [0.29, 0.717) is 16.8 Å². The molecule has 0 aromatic heterocycles. The van der Waals surface area contributed by atoms with Gasteiger partial charge in [0.15, 0.2) is 6.10 Å². The lowest BCUT2D eigenvalue weighted by Crippen LogP contribution is -2.26. The van der Waals surface area contributed by atoms with Crippen molar-refractivity contribution in [2.24, 2.45) is 5.10 Å². The molecule has 5 nitrogen and oxygen atoms in total. The number of carbonyl (C=O) groups is 1. The number of benzene rings is 2. The summed E-state index contributed by atoms with van der Waals surface area (Å²) in [4.78, 5) is 11.8. The number of hydrogen-bond donors (Lipinski definition) is 3. The van der Waals surface area contributed by atoms with Gasteiger partial charge in [0, 0.05) is 5.56 Å². The second kappa shape index (κ2) is 6.67. The van der Waals surface area contributed by atoms with E-state index < -0.39 is 12.0 Å². The second-order valence-electron chi connectivity index (χ2n) is 4.50. The van der Waals surface area contributed by atoms with Gasteiger partial charge in [0.1, 0.15) is 5.75 Å². The van der Waals surface area contributed by atoms with Crippen molar-refractivity contribution in [1.82, 2.24) is 5.43 Å². The molecule has 0 aliphatic rings. The molecular weight excluding hydrogens is 268 g/mol. The smallest absolute Gasteiger partial charge is 0.273 e. The summed E-state index contributed by atoms with van der Waals surface area (Å²) < 4.78 is 0. The molecule has 0 bridgehead atoms. The summed E-state index contributed by atoms with van der Waals surface area (Å²) in [6.45, 7) is 1.66. The standard InChI is InChI=1S/C16H16N2O3/c1-11(13-9-5-6-10-14(13)19)17-18-16(21)15(20)12-7-3-2-4-8-12/h2-10,15,19-20H,1H3,(H,18,21)/b17-11+/t15-/m0/s1. The van der Waals surface area contributed by atoms with Gasteiger partial charge in [0.05, 0.1) is 5.71 Å². The number of carbonyl (C=O) groups excluding carboxylic acids is 1. The number of phenols is 1. The number of nitrogens with zero attached hydrogens (tertiary/aromatic N) is 1. The largest absolute Gasteiger partial charge is 0.507 e. The van der Waals surface area contributed by atoms with Gasteiger partial charge in [-0.1, -0.05) is 42.5 Å². The van der Waals surface area contributed by atoms with Crippen LogP contribution in [0, 0.1) is 0 Å². The third-order valence-electron chi connectivity index (χ3n) is 2.99. The Balaban J connectivity index is 2.07. The van der Waals surface area contributed by atoms with Gasteiger partial charge < -0.3 is 10.2 Å². The fourth-order valence-corrected chi connectivity index (χ4v) is 1.83. The Morgan fingerprint density at radius 3 is 2.38 bits per heavy atom. The number of phenolic OH excluding ortho intramolecular Hbond substituents is 1. The number of para-hydroxylation sites is 1. The lowest BCUT2D eigenvalue weighted by atomic mass is 10.1. The first kappa shape index (κ1) is 14.7. The highest BCUT2D eigenvalue weighted by Gasteiger charge is 2.16. The second-order valence-corrected chi connectivity index (χ2v) is 4.50. The monoisotopic (exact) mass is 284 g/mol. The number of hydrogen-bond acceptors (Lipinski definition) is 4. The zero-order valence-corrected chi connectivity index (χ0v) is 11.5. The minimum absolute atomic E-state index is 0.0802. The van der Waals surface area contributed by atoms with Gasteiger partial charge in [-0.3, -0.25) is 4.79 Å². The van der Waals surface area contributed by atoms with Crippen molar-refractivity contribution in [1.29, 1.82) is 0 Å². The summed E-state index contributed by atoms with van der Waals surface area (Å²) >= 11 is 0. The van der Waals surface area contributed by atoms with E-state index in [4.69, 9.17) is 0 Å². The summed E-state index contributed by atoms with van der Waals surface area (Å²) in [7, 11) is 0. The Labute approximate surface area is 122 Å². The van der Waals surface area contributed by atoms with Crippen LogP contribution in [0.1, 0.15) is 24.2 Å². The van der Waals surface area contributed by atoms with Crippen LogP contribution in [-0.4, -0.2) is 21.8 Å². The number of aliphatic hydroxyl groups excluding tert-OH is 1. The predicted octanol–water partition coefficient (Wildman–Crippen LogP) is 1.97. The molecule has 1 amide bonds. The third kappa shape index (κ3) is 3.67. The number of amides is 1. The summed E-state index contributed by atoms with van der Waals surface area (Å²) in [6.07, 6.45) is -1.29. The van der Waals surface area contributed by atoms with Crippen molar-refractivity contribution in [3.8, 4) is 5.75 Å². The van der Waals surface area contributed by atoms with E-state index in [2.05, 4.69) is 10.5 Å². The lowest BCUT2D eigenvalue weighted by Gasteiger charge is -2.09. The minimum atomic E-state index is -1.29. The van der Waals surface area contributed by atoms with Crippen LogP contribution < -0.4 is 5.43 Å². The summed E-state index contributed by atoms with van der Waals surface area (Å²) in [5, 5.41) is 23.5. The Morgan fingerprint density at radius 1 is 1.10 bits per heavy atom. The quantitative estimate of drug-likeness (QED) is 0.593. The van der Waals surface area contributed by atoms with Crippen LogP contribution >= 0.6 is 0 Å². The fraction of sp³-hybridized carbons (Fsp3) is 0.125. The highest BCUT2D eigenvalue weighted by Crippen LogP contribution is 2.16. The van der Waals surface area contributed by atoms with E-state index in [-0.39, 0.29) is 5.75 Å². The van der Waals surface area contributed by atoms with Crippen LogP contribution in [0.15, 0.2) is 59.7 Å². The van der Waals surface area contributed by atoms with E-state index in [1.807, 2.05) is 0 Å². The van der Waals surface area contributed by atoms with Gasteiger partial charge in [0.2, 0.25) is 0 Å². The molecule has 5 heteroatoms. The van der Waals surface area contributed by atoms with Gasteiger partial charge in [-0.15, -0.1) is 0 Å². The topological polar surface area (TPSA) is 81.9 Å². The van der Waals surface area contributed by atoms with Crippen LogP contribution in [0.3, 0.4) is 0 Å². The zero-order valence-electron chi connectivity index (χ0n) is 11.5. The van der Waals surface area contributed by atoms with Crippen molar-refractivity contribution >= 4 is 11.6 Å². The van der Waals surface area contributed by atoms with Crippen molar-refractivity contribution < 1.29 is 15.0 Å². The van der Waals surface area contributed by atoms with E-state index in [1.165, 1.54) is 6.07 Å². The highest BCUT2D eigenvalue weighted by molar-refractivity contribution is 6.01. The first-order valence-corrected chi connectivity index (χ1v) is 6.45. The van der Waals surface area contributed by atoms with Crippen molar-refractivity contribution in [3.05, 3.63) is 65.7 Å². The molecular formula is C16H16N2O3. The van der Waals surface area contributed by atoms with Crippen LogP contribution in [0.4, 0.5) is 0 Å². The Hall–Kier alpha value is -2.66. The maximum Gasteiger partial charge on any atom is 0.273 e. The molecule has 0 fully saturated rings. The summed E-state index contributed by atoms with van der Waals surface area (Å²) in [5.41, 5.74) is 3.75. The number of aromatic hydroxyl groups is 1. The summed E-state index contributed by atoms with van der Waals surface area (Å²) in [5.74, 6) is -0.549. The van der Waals surface area contributed by atoms with Gasteiger partial charge in [-0.25, -0.2) is 5.43 Å². The molecule has 0 unspecified atom stereocenters. The number of aliphatic hydroxyl groups is 1. The van der Waals surface area contributed by atoms with E-state index in [9.17, 15) is 15.0 Å². The average molecular weight is 284 g/mol. The molecule has 0 aliphatic carbocycles. The van der Waals surface area contributed by atoms with Gasteiger partial charge in [0.25, 0.3) is 5.91 Å². The minimum Gasteiger partial charge on any atom is -0.507 e. The van der Waals surface area contributed by atoms with Crippen molar-refractivity contribution in [2.75, 3.05) is 0 Å². The molecule has 0 spiro atoms. The third-order valence-corrected chi connectivity index (χ3v) is 2.99. The fourth-order valence-electron chi connectivity index (χ4n) is 1.83. The van der Waals surface area contributed by atoms with Crippen LogP contribution in [-0.2, 0) is 4.79 Å². The molecule has 0 aliphatic heterocycles. The first-order chi connectivity index (χ1) is 10.1. The Morgan fingerprint density at radius 2 is 1.71 bits per heavy atom. The molecule has 2 rings (SSSR count). The molecule has 0 heterocycles. The molecule has 0 radical (unpaired) electrons. The summed E-state index contributed by atoms with van der Waals surface area (Å²) in [6, 6.07) is 15.3. The van der Waals surface area contributed by atoms with E-state index >= 15 is 0 Å². The van der Waals surface area contributed by atoms with Crippen molar-refractivity contribution in [3.63, 3.8) is 0 Å². The van der Waals surface area contributed by atoms with Crippen molar-refractivity contribution in [2.45, 2.75) is 13.0 Å². The highest BCUT2D eigenvalue weighted by atomic mass is 16.3. The average Bonchev–Trinajstić information content (AvgIpc) is 2.52. The van der Waals surface area contributed by atoms with Crippen LogP contribution in [0.5, 0.6) is 5.75 Å². The molecule has 21 heavy (non-hydrogen) atoms. The number of rotatable bonds is 4. The normalized spacial score (nSPS) is 12.8. The maximum atomic E-state index is 11.8. The molecule has 2 aromatic rings. The number of hydrazone groups is 1. The predicted molar refractivity (Wildman–Crippen MR) is 79.9 cm³/mol. The van der Waals surface area contributed by atoms with Crippen LogP contribution in [0.25, 0.3) is 0 Å². The molecule has 1 atom stereocenters. The molecule has 0 saturated heterocycles. The maximum absolute atomic E-state index is 11.8. The van der Waals surface area contributed by atoms with Gasteiger partial charge in [-0.05, 0) is 24.6 Å². The molecule has 108 valence electrons. The van der Waals surface area contributed by atoms with Crippen LogP contribution in [0.2, 0.25) is 0 Å².